The summed E-state index contributed by atoms with van der Waals surface area (Å²) >= 11 is 0. The van der Waals surface area contributed by atoms with E-state index in [1.54, 1.807) is 0 Å². The fourth-order valence-electron chi connectivity index (χ4n) is 2.05. The minimum Gasteiger partial charge on any atom is -0.491 e. The molecule has 0 aliphatic rings. The maximum Gasteiger partial charge on any atom is 0.124 e. The lowest BCUT2D eigenvalue weighted by atomic mass is 10.2. The second kappa shape index (κ2) is 7.70. The van der Waals surface area contributed by atoms with Gasteiger partial charge in [0.1, 0.15) is 5.75 Å². The van der Waals surface area contributed by atoms with Crippen molar-refractivity contribution in [2.75, 3.05) is 6.54 Å². The third-order valence-electron chi connectivity index (χ3n) is 2.98. The Hall–Kier alpha value is -1.81. The van der Waals surface area contributed by atoms with E-state index in [-0.39, 0.29) is 6.10 Å². The zero-order valence-corrected chi connectivity index (χ0v) is 12.2. The second-order valence-electron chi connectivity index (χ2n) is 5.11. The van der Waals surface area contributed by atoms with Gasteiger partial charge in [-0.15, -0.1) is 0 Å². The van der Waals surface area contributed by atoms with Crippen LogP contribution in [0, 0.1) is 0 Å². The molecule has 0 radical (unpaired) electrons. The van der Waals surface area contributed by atoms with Crippen molar-refractivity contribution in [3.63, 3.8) is 0 Å². The van der Waals surface area contributed by atoms with Crippen LogP contribution in [-0.2, 0) is 13.1 Å². The number of benzene rings is 1. The molecule has 0 unspecified atom stereocenters. The van der Waals surface area contributed by atoms with Crippen molar-refractivity contribution in [3.8, 4) is 5.75 Å². The third kappa shape index (κ3) is 4.70. The summed E-state index contributed by atoms with van der Waals surface area (Å²) in [4.78, 5) is 4.03. The lowest BCUT2D eigenvalue weighted by molar-refractivity contribution is 0.239. The van der Waals surface area contributed by atoms with Crippen molar-refractivity contribution in [3.05, 3.63) is 48.5 Å². The topological polar surface area (TPSA) is 39.1 Å². The van der Waals surface area contributed by atoms with Gasteiger partial charge in [0.25, 0.3) is 0 Å². The molecule has 0 fully saturated rings. The molecule has 0 saturated carbocycles. The number of aryl methyl sites for hydroxylation is 1. The van der Waals surface area contributed by atoms with E-state index in [0.717, 1.165) is 31.8 Å². The molecule has 20 heavy (non-hydrogen) atoms. The molecule has 0 aliphatic carbocycles. The largest absolute Gasteiger partial charge is 0.491 e. The Bertz CT molecular complexity index is 494. The van der Waals surface area contributed by atoms with Crippen LogP contribution >= 0.6 is 0 Å². The number of ether oxygens (including phenoxy) is 1. The number of hydrogen-bond donors (Lipinski definition) is 1. The zero-order chi connectivity index (χ0) is 14.2. The highest BCUT2D eigenvalue weighted by molar-refractivity contribution is 5.33. The van der Waals surface area contributed by atoms with Gasteiger partial charge in [0.15, 0.2) is 0 Å². The molecular formula is C16H23N3O. The minimum absolute atomic E-state index is 0.206. The van der Waals surface area contributed by atoms with Crippen LogP contribution in [0.25, 0.3) is 0 Å². The van der Waals surface area contributed by atoms with E-state index in [9.17, 15) is 0 Å². The van der Waals surface area contributed by atoms with Crippen molar-refractivity contribution in [2.45, 2.75) is 39.5 Å². The second-order valence-corrected chi connectivity index (χ2v) is 5.11. The number of nitrogens with zero attached hydrogens (tertiary/aromatic N) is 2. The molecule has 0 aliphatic heterocycles. The average molecular weight is 273 g/mol. The van der Waals surface area contributed by atoms with Gasteiger partial charge < -0.3 is 14.6 Å². The predicted molar refractivity (Wildman–Crippen MR) is 80.8 cm³/mol. The summed E-state index contributed by atoms with van der Waals surface area (Å²) in [6, 6.07) is 8.21. The highest BCUT2D eigenvalue weighted by Crippen LogP contribution is 2.18. The van der Waals surface area contributed by atoms with Gasteiger partial charge in [-0.2, -0.15) is 0 Å². The standard InChI is InChI=1S/C16H23N3O/c1-14(2)20-16-7-4-3-6-15(16)12-17-8-5-10-19-11-9-18-13-19/h3-4,6-7,9,11,13-14,17H,5,8,10,12H2,1-2H3. The average Bonchev–Trinajstić information content (AvgIpc) is 2.93. The molecule has 0 atom stereocenters. The highest BCUT2D eigenvalue weighted by Gasteiger charge is 2.04. The minimum atomic E-state index is 0.206. The number of para-hydroxylation sites is 1. The van der Waals surface area contributed by atoms with Crippen molar-refractivity contribution in [1.29, 1.82) is 0 Å². The smallest absolute Gasteiger partial charge is 0.124 e. The first-order chi connectivity index (χ1) is 9.75. The summed E-state index contributed by atoms with van der Waals surface area (Å²) in [6.45, 7) is 6.92. The SMILES string of the molecule is CC(C)Oc1ccccc1CNCCCn1ccnc1. The number of aromatic nitrogens is 2. The lowest BCUT2D eigenvalue weighted by Gasteiger charge is -2.14. The fourth-order valence-corrected chi connectivity index (χ4v) is 2.05. The van der Waals surface area contributed by atoms with Gasteiger partial charge in [-0.3, -0.25) is 0 Å². The van der Waals surface area contributed by atoms with Crippen molar-refractivity contribution in [1.82, 2.24) is 14.9 Å². The number of rotatable bonds is 8. The first-order valence-corrected chi connectivity index (χ1v) is 7.16. The zero-order valence-electron chi connectivity index (χ0n) is 12.2. The normalized spacial score (nSPS) is 10.9. The summed E-state index contributed by atoms with van der Waals surface area (Å²) in [5, 5.41) is 3.46. The van der Waals surface area contributed by atoms with Crippen LogP contribution in [0.1, 0.15) is 25.8 Å². The van der Waals surface area contributed by atoms with Crippen LogP contribution in [0.15, 0.2) is 43.0 Å². The summed E-state index contributed by atoms with van der Waals surface area (Å²) in [7, 11) is 0. The Morgan fingerprint density at radius 3 is 2.90 bits per heavy atom. The van der Waals surface area contributed by atoms with Crippen LogP contribution in [0.4, 0.5) is 0 Å². The molecule has 0 saturated heterocycles. The Morgan fingerprint density at radius 1 is 1.30 bits per heavy atom. The van der Waals surface area contributed by atoms with Gasteiger partial charge in [0.2, 0.25) is 0 Å². The summed E-state index contributed by atoms with van der Waals surface area (Å²) in [5.74, 6) is 0.976. The molecule has 0 amide bonds. The van der Waals surface area contributed by atoms with E-state index in [2.05, 4.69) is 40.8 Å². The van der Waals surface area contributed by atoms with Gasteiger partial charge in [-0.05, 0) is 32.9 Å². The van der Waals surface area contributed by atoms with Crippen molar-refractivity contribution < 1.29 is 4.74 Å². The van der Waals surface area contributed by atoms with E-state index >= 15 is 0 Å². The van der Waals surface area contributed by atoms with Gasteiger partial charge in [-0.25, -0.2) is 4.98 Å². The van der Waals surface area contributed by atoms with Crippen LogP contribution in [0.3, 0.4) is 0 Å². The molecule has 2 aromatic rings. The maximum atomic E-state index is 5.81. The lowest BCUT2D eigenvalue weighted by Crippen LogP contribution is -2.17. The Labute approximate surface area is 120 Å². The summed E-state index contributed by atoms with van der Waals surface area (Å²) < 4.78 is 7.90. The van der Waals surface area contributed by atoms with Crippen LogP contribution in [-0.4, -0.2) is 22.2 Å². The first kappa shape index (κ1) is 14.6. The molecule has 1 heterocycles. The van der Waals surface area contributed by atoms with Gasteiger partial charge in [0, 0.05) is 31.0 Å². The summed E-state index contributed by atoms with van der Waals surface area (Å²) in [6.07, 6.45) is 6.95. The molecule has 1 aromatic carbocycles. The molecule has 2 rings (SSSR count). The molecule has 108 valence electrons. The Balaban J connectivity index is 1.73. The summed E-state index contributed by atoms with van der Waals surface area (Å²) in [5.41, 5.74) is 1.21. The Kier molecular flexibility index (Phi) is 5.62. The van der Waals surface area contributed by atoms with Crippen LogP contribution < -0.4 is 10.1 Å². The van der Waals surface area contributed by atoms with E-state index in [1.165, 1.54) is 5.56 Å². The monoisotopic (exact) mass is 273 g/mol. The van der Waals surface area contributed by atoms with E-state index < -0.39 is 0 Å². The predicted octanol–water partition coefficient (Wildman–Crippen LogP) is 2.85. The van der Waals surface area contributed by atoms with E-state index in [0.29, 0.717) is 0 Å². The van der Waals surface area contributed by atoms with Crippen LogP contribution in [0.2, 0.25) is 0 Å². The number of imidazole rings is 1. The van der Waals surface area contributed by atoms with Gasteiger partial charge >= 0.3 is 0 Å². The third-order valence-corrected chi connectivity index (χ3v) is 2.98. The quantitative estimate of drug-likeness (QED) is 0.752. The van der Waals surface area contributed by atoms with Gasteiger partial charge in [0.05, 0.1) is 12.4 Å². The molecule has 4 nitrogen and oxygen atoms in total. The maximum absolute atomic E-state index is 5.81. The Morgan fingerprint density at radius 2 is 2.15 bits per heavy atom. The molecule has 0 bridgehead atoms. The number of hydrogen-bond acceptors (Lipinski definition) is 3. The molecule has 1 N–H and O–H groups in total. The van der Waals surface area contributed by atoms with E-state index in [4.69, 9.17) is 4.74 Å². The van der Waals surface area contributed by atoms with E-state index in [1.807, 2.05) is 30.9 Å². The highest BCUT2D eigenvalue weighted by atomic mass is 16.5. The molecular weight excluding hydrogens is 250 g/mol. The number of nitrogens with one attached hydrogen (secondary N) is 1. The van der Waals surface area contributed by atoms with Crippen molar-refractivity contribution >= 4 is 0 Å². The molecule has 4 heteroatoms. The van der Waals surface area contributed by atoms with Gasteiger partial charge in [-0.1, -0.05) is 18.2 Å². The van der Waals surface area contributed by atoms with Crippen LogP contribution in [0.5, 0.6) is 5.75 Å². The first-order valence-electron chi connectivity index (χ1n) is 7.16. The molecule has 1 aromatic heterocycles. The fraction of sp³-hybridized carbons (Fsp3) is 0.438. The van der Waals surface area contributed by atoms with Crippen molar-refractivity contribution in [2.24, 2.45) is 0 Å². The molecule has 0 spiro atoms.